The molecular weight excluding hydrogens is 420 g/mol. The lowest BCUT2D eigenvalue weighted by Crippen LogP contribution is -2.39. The van der Waals surface area contributed by atoms with Gasteiger partial charge in [0.05, 0.1) is 39.4 Å². The van der Waals surface area contributed by atoms with Crippen molar-refractivity contribution in [1.29, 1.82) is 0 Å². The zero-order valence-corrected chi connectivity index (χ0v) is 18.0. The van der Waals surface area contributed by atoms with E-state index in [0.717, 1.165) is 16.5 Å². The van der Waals surface area contributed by atoms with Gasteiger partial charge in [0.15, 0.2) is 11.5 Å². The summed E-state index contributed by atoms with van der Waals surface area (Å²) < 4.78 is 20.3. The Kier molecular flexibility index (Phi) is 6.62. The van der Waals surface area contributed by atoms with Crippen molar-refractivity contribution >= 4 is 23.1 Å². The number of carbonyl (C=O) groups is 2. The van der Waals surface area contributed by atoms with Gasteiger partial charge < -0.3 is 18.9 Å². The fraction of sp³-hybridized carbons (Fsp3) is 0.273. The second-order valence-electron chi connectivity index (χ2n) is 6.82. The zero-order valence-electron chi connectivity index (χ0n) is 18.0. The average Bonchev–Trinajstić information content (AvgIpc) is 3.27. The molecule has 3 rings (SSSR count). The molecule has 2 aromatic carbocycles. The first-order valence-electron chi connectivity index (χ1n) is 9.50. The highest BCUT2D eigenvalue weighted by Gasteiger charge is 2.39. The van der Waals surface area contributed by atoms with E-state index in [9.17, 15) is 19.7 Å². The smallest absolute Gasteiger partial charge is 0.329 e. The molecule has 32 heavy (non-hydrogen) atoms. The fourth-order valence-electron chi connectivity index (χ4n) is 3.48. The monoisotopic (exact) mass is 442 g/mol. The standard InChI is InChI=1S/C22H22N2O8/c1-29-15-7-5-13(6-8-15)14-9-18(22(26)32-4)23(12-14)21(25)16-10-19(30-2)20(31-3)11-17(16)24(27)28/h5-8,10-12,18H,9H2,1-4H3/t18-/m0/s1. The van der Waals surface area contributed by atoms with E-state index < -0.39 is 28.5 Å². The van der Waals surface area contributed by atoms with Crippen LogP contribution in [0.15, 0.2) is 42.6 Å². The Balaban J connectivity index is 2.07. The van der Waals surface area contributed by atoms with Crippen LogP contribution in [0.2, 0.25) is 0 Å². The number of hydrogen-bond donors (Lipinski definition) is 0. The van der Waals surface area contributed by atoms with Crippen molar-refractivity contribution in [3.8, 4) is 17.2 Å². The normalized spacial score (nSPS) is 15.1. The summed E-state index contributed by atoms with van der Waals surface area (Å²) in [6.07, 6.45) is 1.69. The number of nitro groups is 1. The van der Waals surface area contributed by atoms with Crippen LogP contribution in [0.4, 0.5) is 5.69 Å². The van der Waals surface area contributed by atoms with Crippen LogP contribution in [0.3, 0.4) is 0 Å². The van der Waals surface area contributed by atoms with Gasteiger partial charge >= 0.3 is 5.97 Å². The maximum absolute atomic E-state index is 13.4. The van der Waals surface area contributed by atoms with Crippen molar-refractivity contribution < 1.29 is 33.5 Å². The van der Waals surface area contributed by atoms with Gasteiger partial charge in [0, 0.05) is 18.7 Å². The van der Waals surface area contributed by atoms with Crippen molar-refractivity contribution in [3.05, 3.63) is 63.8 Å². The molecule has 1 atom stereocenters. The summed E-state index contributed by atoms with van der Waals surface area (Å²) in [6.45, 7) is 0. The highest BCUT2D eigenvalue weighted by atomic mass is 16.6. The van der Waals surface area contributed by atoms with E-state index in [2.05, 4.69) is 0 Å². The van der Waals surface area contributed by atoms with Crippen molar-refractivity contribution in [2.45, 2.75) is 12.5 Å². The number of carbonyl (C=O) groups excluding carboxylic acids is 2. The molecule has 0 saturated heterocycles. The Morgan fingerprint density at radius 1 is 1.00 bits per heavy atom. The molecule has 0 N–H and O–H groups in total. The molecule has 10 heteroatoms. The number of rotatable bonds is 7. The maximum atomic E-state index is 13.4. The van der Waals surface area contributed by atoms with Gasteiger partial charge in [0.1, 0.15) is 17.4 Å². The van der Waals surface area contributed by atoms with Gasteiger partial charge in [-0.25, -0.2) is 4.79 Å². The summed E-state index contributed by atoms with van der Waals surface area (Å²) in [5.74, 6) is -0.464. The minimum atomic E-state index is -0.975. The van der Waals surface area contributed by atoms with Crippen molar-refractivity contribution in [1.82, 2.24) is 4.90 Å². The molecule has 0 aliphatic carbocycles. The number of amides is 1. The lowest BCUT2D eigenvalue weighted by molar-refractivity contribution is -0.385. The number of ether oxygens (including phenoxy) is 4. The predicted molar refractivity (Wildman–Crippen MR) is 114 cm³/mol. The van der Waals surface area contributed by atoms with Crippen LogP contribution < -0.4 is 14.2 Å². The fourth-order valence-corrected chi connectivity index (χ4v) is 3.48. The Morgan fingerprint density at radius 2 is 1.62 bits per heavy atom. The van der Waals surface area contributed by atoms with Gasteiger partial charge in [-0.2, -0.15) is 0 Å². The third-order valence-corrected chi connectivity index (χ3v) is 5.14. The molecule has 1 amide bonds. The van der Waals surface area contributed by atoms with Crippen molar-refractivity contribution in [2.24, 2.45) is 0 Å². The van der Waals surface area contributed by atoms with Crippen LogP contribution in [0.1, 0.15) is 22.3 Å². The Bertz CT molecular complexity index is 1080. The number of esters is 1. The molecule has 1 heterocycles. The van der Waals surface area contributed by atoms with E-state index in [1.807, 2.05) is 0 Å². The summed E-state index contributed by atoms with van der Waals surface area (Å²) in [4.78, 5) is 37.9. The van der Waals surface area contributed by atoms with E-state index in [-0.39, 0.29) is 23.5 Å². The lowest BCUT2D eigenvalue weighted by Gasteiger charge is -2.22. The Labute approximate surface area is 184 Å². The molecule has 10 nitrogen and oxygen atoms in total. The topological polar surface area (TPSA) is 117 Å². The largest absolute Gasteiger partial charge is 0.497 e. The highest BCUT2D eigenvalue weighted by Crippen LogP contribution is 2.38. The Morgan fingerprint density at radius 3 is 2.16 bits per heavy atom. The first-order chi connectivity index (χ1) is 15.3. The summed E-state index contributed by atoms with van der Waals surface area (Å²) >= 11 is 0. The summed E-state index contributed by atoms with van der Waals surface area (Å²) in [6, 6.07) is 8.48. The first-order valence-corrected chi connectivity index (χ1v) is 9.50. The number of hydrogen-bond acceptors (Lipinski definition) is 8. The van der Waals surface area contributed by atoms with Crippen LogP contribution in [0, 0.1) is 10.1 Å². The number of nitrogens with zero attached hydrogens (tertiary/aromatic N) is 2. The molecule has 2 aromatic rings. The van der Waals surface area contributed by atoms with Gasteiger partial charge in [-0.05, 0) is 23.3 Å². The predicted octanol–water partition coefficient (Wildman–Crippen LogP) is 3.05. The van der Waals surface area contributed by atoms with E-state index in [1.165, 1.54) is 33.6 Å². The molecule has 1 aliphatic rings. The minimum Gasteiger partial charge on any atom is -0.497 e. The van der Waals surface area contributed by atoms with Crippen LogP contribution >= 0.6 is 0 Å². The van der Waals surface area contributed by atoms with Crippen molar-refractivity contribution in [2.75, 3.05) is 28.4 Å². The third kappa shape index (κ3) is 4.20. The summed E-state index contributed by atoms with van der Waals surface area (Å²) in [5.41, 5.74) is 0.757. The van der Waals surface area contributed by atoms with Crippen LogP contribution in [-0.4, -0.2) is 56.2 Å². The van der Waals surface area contributed by atoms with Crippen LogP contribution in [0.25, 0.3) is 5.57 Å². The molecule has 0 saturated carbocycles. The molecule has 0 unspecified atom stereocenters. The van der Waals surface area contributed by atoms with Gasteiger partial charge in [-0.3, -0.25) is 19.8 Å². The van der Waals surface area contributed by atoms with Gasteiger partial charge in [-0.15, -0.1) is 0 Å². The molecule has 0 fully saturated rings. The van der Waals surface area contributed by atoms with Gasteiger partial charge in [0.25, 0.3) is 11.6 Å². The van der Waals surface area contributed by atoms with E-state index in [1.54, 1.807) is 31.4 Å². The second-order valence-corrected chi connectivity index (χ2v) is 6.82. The molecule has 0 radical (unpaired) electrons. The highest BCUT2D eigenvalue weighted by molar-refractivity contribution is 6.03. The molecule has 0 aromatic heterocycles. The Hall–Kier alpha value is -4.08. The molecule has 0 bridgehead atoms. The van der Waals surface area contributed by atoms with Crippen LogP contribution in [0.5, 0.6) is 17.2 Å². The molecule has 168 valence electrons. The van der Waals surface area contributed by atoms with Crippen molar-refractivity contribution in [3.63, 3.8) is 0 Å². The third-order valence-electron chi connectivity index (χ3n) is 5.14. The lowest BCUT2D eigenvalue weighted by atomic mass is 10.0. The van der Waals surface area contributed by atoms with Crippen LogP contribution in [-0.2, 0) is 9.53 Å². The molecular formula is C22H22N2O8. The van der Waals surface area contributed by atoms with E-state index in [4.69, 9.17) is 18.9 Å². The second kappa shape index (κ2) is 9.38. The average molecular weight is 442 g/mol. The zero-order chi connectivity index (χ0) is 23.4. The summed E-state index contributed by atoms with van der Waals surface area (Å²) in [5, 5.41) is 11.6. The van der Waals surface area contributed by atoms with E-state index in [0.29, 0.717) is 11.3 Å². The summed E-state index contributed by atoms with van der Waals surface area (Å²) in [7, 11) is 5.45. The maximum Gasteiger partial charge on any atom is 0.329 e. The SMILES string of the molecule is COC(=O)[C@@H]1CC(c2ccc(OC)cc2)=CN1C(=O)c1cc(OC)c(OC)cc1[N+](=O)[O-]. The van der Waals surface area contributed by atoms with Gasteiger partial charge in [0.2, 0.25) is 0 Å². The molecule has 1 aliphatic heterocycles. The first kappa shape index (κ1) is 22.6. The van der Waals surface area contributed by atoms with E-state index >= 15 is 0 Å². The number of methoxy groups -OCH3 is 4. The number of benzene rings is 2. The quantitative estimate of drug-likeness (QED) is 0.365. The molecule has 0 spiro atoms. The minimum absolute atomic E-state index is 0.108. The van der Waals surface area contributed by atoms with Gasteiger partial charge in [-0.1, -0.05) is 12.1 Å². The number of nitro benzene ring substituents is 1.